The van der Waals surface area contributed by atoms with Crippen molar-refractivity contribution in [2.75, 3.05) is 5.32 Å². The minimum Gasteiger partial charge on any atom is -0.453 e. The first-order valence-electron chi connectivity index (χ1n) is 13.4. The largest absolute Gasteiger partial charge is 0.453 e. The van der Waals surface area contributed by atoms with Crippen LogP contribution in [0.15, 0.2) is 90.2 Å². The number of carbonyl (C=O) groups excluding carboxylic acids is 1. The molecule has 0 aliphatic rings. The fourth-order valence-electron chi connectivity index (χ4n) is 4.55. The zero-order valence-electron chi connectivity index (χ0n) is 23.8. The Hall–Kier alpha value is -4.57. The molecule has 42 heavy (non-hydrogen) atoms. The highest BCUT2D eigenvalue weighted by Gasteiger charge is 2.20. The van der Waals surface area contributed by atoms with Crippen molar-refractivity contribution in [1.82, 2.24) is 14.8 Å². The van der Waals surface area contributed by atoms with Gasteiger partial charge in [-0.2, -0.15) is 5.10 Å². The average Bonchev–Trinajstić information content (AvgIpc) is 3.40. The highest BCUT2D eigenvalue weighted by molar-refractivity contribution is 7.90. The number of hydrogen-bond acceptors (Lipinski definition) is 6. The number of nitrogens with zero attached hydrogens (tertiary/aromatic N) is 3. The normalized spacial score (nSPS) is 11.9. The third-order valence-corrected chi connectivity index (χ3v) is 8.34. The van der Waals surface area contributed by atoms with E-state index in [-0.39, 0.29) is 40.0 Å². The number of pyridine rings is 1. The minimum atomic E-state index is -3.66. The van der Waals surface area contributed by atoms with Crippen molar-refractivity contribution in [3.05, 3.63) is 108 Å². The Kier molecular flexibility index (Phi) is 7.83. The Balaban J connectivity index is 1.36. The van der Waals surface area contributed by atoms with Crippen molar-refractivity contribution >= 4 is 32.3 Å². The molecular weight excluding hydrogens is 555 g/mol. The number of sulfone groups is 1. The lowest BCUT2D eigenvalue weighted by Gasteiger charge is -2.18. The molecule has 8 nitrogen and oxygen atoms in total. The third-order valence-electron chi connectivity index (χ3n) is 6.65. The van der Waals surface area contributed by atoms with E-state index >= 15 is 4.39 Å². The van der Waals surface area contributed by atoms with Crippen LogP contribution in [0, 0.1) is 12.7 Å². The molecule has 0 radical (unpaired) electrons. The second-order valence-electron chi connectivity index (χ2n) is 11.1. The van der Waals surface area contributed by atoms with Gasteiger partial charge in [0.25, 0.3) is 0 Å². The Bertz CT molecular complexity index is 1860. The van der Waals surface area contributed by atoms with Crippen molar-refractivity contribution in [2.24, 2.45) is 0 Å². The lowest BCUT2D eigenvalue weighted by Crippen LogP contribution is -2.22. The number of benzene rings is 3. The highest BCUT2D eigenvalue weighted by atomic mass is 32.2. The van der Waals surface area contributed by atoms with Crippen molar-refractivity contribution in [2.45, 2.75) is 50.3 Å². The summed E-state index contributed by atoms with van der Waals surface area (Å²) >= 11 is 0. The summed E-state index contributed by atoms with van der Waals surface area (Å²) in [6.45, 7) is 7.69. The molecule has 0 aliphatic carbocycles. The molecule has 3 aromatic carbocycles. The van der Waals surface area contributed by atoms with Gasteiger partial charge < -0.3 is 10.1 Å². The standard InChI is InChI=1S/C32H31FN4O4S/c1-21-14-23(16-30(38)36-24-18-35-37(19-24)32(2,3)4)15-27(33)31(21)41-29-12-13-34-28-11-10-25(17-26(28)29)42(39,40)20-22-8-6-5-7-9-22/h5-15,17-19H,16,20H2,1-4H3,(H,36,38). The number of rotatable bonds is 8. The highest BCUT2D eigenvalue weighted by Crippen LogP contribution is 2.34. The molecule has 0 atom stereocenters. The molecule has 0 aliphatic heterocycles. The number of aromatic nitrogens is 3. The monoisotopic (exact) mass is 586 g/mol. The van der Waals surface area contributed by atoms with E-state index in [0.29, 0.717) is 33.3 Å². The predicted molar refractivity (Wildman–Crippen MR) is 160 cm³/mol. The Labute approximate surface area is 244 Å². The van der Waals surface area contributed by atoms with E-state index in [1.807, 2.05) is 26.8 Å². The van der Waals surface area contributed by atoms with E-state index in [9.17, 15) is 13.2 Å². The van der Waals surface area contributed by atoms with Crippen molar-refractivity contribution in [3.63, 3.8) is 0 Å². The van der Waals surface area contributed by atoms with Crippen molar-refractivity contribution in [1.29, 1.82) is 0 Å². The van der Waals surface area contributed by atoms with Crippen LogP contribution >= 0.6 is 0 Å². The van der Waals surface area contributed by atoms with Gasteiger partial charge in [-0.3, -0.25) is 14.5 Å². The minimum absolute atomic E-state index is 0.0179. The summed E-state index contributed by atoms with van der Waals surface area (Å²) in [6.07, 6.45) is 4.80. The molecule has 2 aromatic heterocycles. The zero-order chi connectivity index (χ0) is 30.1. The van der Waals surface area contributed by atoms with Gasteiger partial charge in [-0.05, 0) is 74.7 Å². The topological polar surface area (TPSA) is 103 Å². The van der Waals surface area contributed by atoms with Crippen LogP contribution in [0.2, 0.25) is 0 Å². The quantitative estimate of drug-likeness (QED) is 0.220. The van der Waals surface area contributed by atoms with E-state index in [1.165, 1.54) is 24.4 Å². The van der Waals surface area contributed by atoms with Crippen LogP contribution in [0.1, 0.15) is 37.5 Å². The number of fused-ring (bicyclic) bond motifs is 1. The fraction of sp³-hybridized carbons (Fsp3) is 0.219. The summed E-state index contributed by atoms with van der Waals surface area (Å²) in [5.74, 6) is -0.857. The van der Waals surface area contributed by atoms with E-state index in [4.69, 9.17) is 4.74 Å². The average molecular weight is 587 g/mol. The lowest BCUT2D eigenvalue weighted by atomic mass is 10.1. The maximum atomic E-state index is 15.3. The summed E-state index contributed by atoms with van der Waals surface area (Å²) in [7, 11) is -3.66. The second kappa shape index (κ2) is 11.4. The maximum Gasteiger partial charge on any atom is 0.228 e. The van der Waals surface area contributed by atoms with Crippen LogP contribution in [-0.2, 0) is 32.3 Å². The van der Waals surface area contributed by atoms with Crippen LogP contribution < -0.4 is 10.1 Å². The fourth-order valence-corrected chi connectivity index (χ4v) is 5.92. The molecule has 2 heterocycles. The Morgan fingerprint density at radius 2 is 1.79 bits per heavy atom. The molecular formula is C32H31FN4O4S. The molecule has 0 saturated carbocycles. The molecule has 0 unspecified atom stereocenters. The van der Waals surface area contributed by atoms with Crippen LogP contribution in [0.5, 0.6) is 11.5 Å². The molecule has 216 valence electrons. The SMILES string of the molecule is Cc1cc(CC(=O)Nc2cnn(C(C)(C)C)c2)cc(F)c1Oc1ccnc2ccc(S(=O)(=O)Cc3ccccc3)cc12. The first-order chi connectivity index (χ1) is 19.9. The summed E-state index contributed by atoms with van der Waals surface area (Å²) < 4.78 is 49.4. The molecule has 1 N–H and O–H groups in total. The molecule has 5 aromatic rings. The van der Waals surface area contributed by atoms with Gasteiger partial charge >= 0.3 is 0 Å². The van der Waals surface area contributed by atoms with E-state index < -0.39 is 15.7 Å². The van der Waals surface area contributed by atoms with Gasteiger partial charge in [0.05, 0.1) is 40.0 Å². The van der Waals surface area contributed by atoms with Gasteiger partial charge in [0, 0.05) is 17.8 Å². The van der Waals surface area contributed by atoms with Gasteiger partial charge in [0.2, 0.25) is 5.91 Å². The number of nitrogens with one attached hydrogen (secondary N) is 1. The summed E-state index contributed by atoms with van der Waals surface area (Å²) in [5.41, 5.74) is 2.47. The second-order valence-corrected chi connectivity index (χ2v) is 13.1. The van der Waals surface area contributed by atoms with Gasteiger partial charge in [-0.1, -0.05) is 36.4 Å². The Morgan fingerprint density at radius 1 is 1.02 bits per heavy atom. The number of aryl methyl sites for hydroxylation is 1. The smallest absolute Gasteiger partial charge is 0.228 e. The lowest BCUT2D eigenvalue weighted by molar-refractivity contribution is -0.115. The van der Waals surface area contributed by atoms with Gasteiger partial charge in [0.15, 0.2) is 21.4 Å². The summed E-state index contributed by atoms with van der Waals surface area (Å²) in [5, 5.41) is 7.51. The van der Waals surface area contributed by atoms with E-state index in [2.05, 4.69) is 15.4 Å². The molecule has 0 saturated heterocycles. The molecule has 0 fully saturated rings. The predicted octanol–water partition coefficient (Wildman–Crippen LogP) is 6.58. The number of halogens is 1. The van der Waals surface area contributed by atoms with Crippen LogP contribution in [0.4, 0.5) is 10.1 Å². The summed E-state index contributed by atoms with van der Waals surface area (Å²) in [4.78, 5) is 17.1. The van der Waals surface area contributed by atoms with Crippen molar-refractivity contribution < 1.29 is 22.3 Å². The number of ether oxygens (including phenoxy) is 1. The molecule has 0 spiro atoms. The van der Waals surface area contributed by atoms with Crippen LogP contribution in [0.25, 0.3) is 10.9 Å². The number of anilines is 1. The van der Waals surface area contributed by atoms with Gasteiger partial charge in [-0.15, -0.1) is 0 Å². The van der Waals surface area contributed by atoms with Crippen LogP contribution in [-0.4, -0.2) is 29.1 Å². The maximum absolute atomic E-state index is 15.3. The molecule has 1 amide bonds. The van der Waals surface area contributed by atoms with Gasteiger partial charge in [0.1, 0.15) is 5.75 Å². The van der Waals surface area contributed by atoms with Crippen molar-refractivity contribution in [3.8, 4) is 11.5 Å². The number of hydrogen-bond donors (Lipinski definition) is 1. The van der Waals surface area contributed by atoms with Gasteiger partial charge in [-0.25, -0.2) is 12.8 Å². The van der Waals surface area contributed by atoms with E-state index in [0.717, 1.165) is 0 Å². The van der Waals surface area contributed by atoms with E-state index in [1.54, 1.807) is 66.5 Å². The first-order valence-corrected chi connectivity index (χ1v) is 15.0. The number of amides is 1. The zero-order valence-corrected chi connectivity index (χ0v) is 24.6. The molecule has 0 bridgehead atoms. The number of carbonyl (C=O) groups is 1. The summed E-state index contributed by atoms with van der Waals surface area (Å²) in [6, 6.07) is 18.1. The Morgan fingerprint density at radius 3 is 2.48 bits per heavy atom. The molecule has 5 rings (SSSR count). The third kappa shape index (κ3) is 6.49. The molecule has 10 heteroatoms. The first kappa shape index (κ1) is 28.9. The van der Waals surface area contributed by atoms with Crippen LogP contribution in [0.3, 0.4) is 0 Å².